The molecule has 7 heteroatoms. The highest BCUT2D eigenvalue weighted by atomic mass is 32.2. The van der Waals surface area contributed by atoms with Crippen molar-refractivity contribution in [3.05, 3.63) is 54.1 Å². The summed E-state index contributed by atoms with van der Waals surface area (Å²) in [6, 6.07) is 15.8. The summed E-state index contributed by atoms with van der Waals surface area (Å²) in [5, 5.41) is 3.73. The van der Waals surface area contributed by atoms with Crippen LogP contribution in [0.2, 0.25) is 0 Å². The van der Waals surface area contributed by atoms with E-state index in [1.165, 1.54) is 0 Å². The number of rotatable bonds is 6. The molecule has 0 saturated heterocycles. The topological polar surface area (TPSA) is 69.1 Å². The molecule has 0 amide bonds. The van der Waals surface area contributed by atoms with Gasteiger partial charge in [0.25, 0.3) is 0 Å². The highest BCUT2D eigenvalue weighted by Crippen LogP contribution is 2.25. The highest BCUT2D eigenvalue weighted by molar-refractivity contribution is 7.79. The molecule has 1 N–H and O–H groups in total. The van der Waals surface area contributed by atoms with Crippen molar-refractivity contribution in [2.75, 3.05) is 13.9 Å². The molecule has 1 aliphatic heterocycles. The smallest absolute Gasteiger partial charge is 0.338 e. The zero-order chi connectivity index (χ0) is 16.1. The molecule has 1 aliphatic rings. The minimum Gasteiger partial charge on any atom is -0.468 e. The van der Waals surface area contributed by atoms with Gasteiger partial charge in [0.15, 0.2) is 12.6 Å². The Bertz CT molecular complexity index is 748. The van der Waals surface area contributed by atoms with Gasteiger partial charge in [0, 0.05) is 13.5 Å². The SMILES string of the molecule is COCOc1cccc(-c2cccc(CC3=NOS(=O)N3)c2)c1. The summed E-state index contributed by atoms with van der Waals surface area (Å²) in [4.78, 5) is 0. The second-order valence-electron chi connectivity index (χ2n) is 4.91. The average molecular weight is 332 g/mol. The van der Waals surface area contributed by atoms with Gasteiger partial charge in [0.05, 0.1) is 0 Å². The number of oxime groups is 1. The Morgan fingerprint density at radius 2 is 1.96 bits per heavy atom. The lowest BCUT2D eigenvalue weighted by molar-refractivity contribution is 0.0511. The number of hydrogen-bond acceptors (Lipinski definition) is 5. The first-order valence-electron chi connectivity index (χ1n) is 6.98. The fraction of sp³-hybridized carbons (Fsp3) is 0.188. The van der Waals surface area contributed by atoms with Crippen molar-refractivity contribution in [1.82, 2.24) is 4.72 Å². The zero-order valence-electron chi connectivity index (χ0n) is 12.5. The summed E-state index contributed by atoms with van der Waals surface area (Å²) in [6.07, 6.45) is 0.527. The van der Waals surface area contributed by atoms with Crippen molar-refractivity contribution in [3.8, 4) is 16.9 Å². The second kappa shape index (κ2) is 7.26. The van der Waals surface area contributed by atoms with Crippen LogP contribution >= 0.6 is 0 Å². The van der Waals surface area contributed by atoms with Crippen molar-refractivity contribution in [1.29, 1.82) is 0 Å². The fourth-order valence-electron chi connectivity index (χ4n) is 2.23. The summed E-state index contributed by atoms with van der Waals surface area (Å²) >= 11 is -1.56. The molecular weight excluding hydrogens is 316 g/mol. The molecule has 3 rings (SSSR count). The lowest BCUT2D eigenvalue weighted by atomic mass is 10.0. The lowest BCUT2D eigenvalue weighted by Crippen LogP contribution is -2.21. The normalized spacial score (nSPS) is 16.4. The number of hydrogen-bond donors (Lipinski definition) is 1. The molecular formula is C16H16N2O4S. The first-order valence-corrected chi connectivity index (χ1v) is 8.06. The number of amidine groups is 1. The van der Waals surface area contributed by atoms with Crippen molar-refractivity contribution in [2.45, 2.75) is 6.42 Å². The number of nitrogens with one attached hydrogen (secondary N) is 1. The van der Waals surface area contributed by atoms with Gasteiger partial charge < -0.3 is 9.47 Å². The molecule has 0 saturated carbocycles. The van der Waals surface area contributed by atoms with E-state index in [4.69, 9.17) is 9.47 Å². The molecule has 1 unspecified atom stereocenters. The van der Waals surface area contributed by atoms with E-state index < -0.39 is 11.3 Å². The number of nitrogens with zero attached hydrogens (tertiary/aromatic N) is 1. The maximum atomic E-state index is 11.1. The molecule has 0 bridgehead atoms. The van der Waals surface area contributed by atoms with Crippen LogP contribution in [0, 0.1) is 0 Å². The van der Waals surface area contributed by atoms with Crippen LogP contribution in [0.5, 0.6) is 5.75 Å². The lowest BCUT2D eigenvalue weighted by Gasteiger charge is -2.08. The summed E-state index contributed by atoms with van der Waals surface area (Å²) in [7, 11) is 1.59. The molecule has 0 aliphatic carbocycles. The molecule has 2 aromatic rings. The molecule has 1 atom stereocenters. The predicted octanol–water partition coefficient (Wildman–Crippen LogP) is 2.39. The van der Waals surface area contributed by atoms with Crippen LogP contribution in [0.1, 0.15) is 5.56 Å². The predicted molar refractivity (Wildman–Crippen MR) is 87.9 cm³/mol. The molecule has 0 radical (unpaired) electrons. The minimum absolute atomic E-state index is 0.214. The van der Waals surface area contributed by atoms with E-state index in [2.05, 4.69) is 20.2 Å². The number of ether oxygens (including phenoxy) is 2. The third-order valence-electron chi connectivity index (χ3n) is 3.23. The van der Waals surface area contributed by atoms with Gasteiger partial charge in [-0.2, -0.15) is 4.21 Å². The molecule has 120 valence electrons. The highest BCUT2D eigenvalue weighted by Gasteiger charge is 2.14. The van der Waals surface area contributed by atoms with Gasteiger partial charge in [0.1, 0.15) is 5.75 Å². The molecule has 2 aromatic carbocycles. The Hall–Kier alpha value is -2.38. The monoisotopic (exact) mass is 332 g/mol. The Morgan fingerprint density at radius 1 is 1.17 bits per heavy atom. The van der Waals surface area contributed by atoms with E-state index in [-0.39, 0.29) is 6.79 Å². The third-order valence-corrected chi connectivity index (χ3v) is 3.84. The molecule has 0 fully saturated rings. The van der Waals surface area contributed by atoms with E-state index in [9.17, 15) is 4.21 Å². The van der Waals surface area contributed by atoms with Crippen molar-refractivity contribution in [2.24, 2.45) is 5.16 Å². The first-order chi connectivity index (χ1) is 11.2. The quantitative estimate of drug-likeness (QED) is 0.825. The average Bonchev–Trinajstić information content (AvgIpc) is 2.98. The Labute approximate surface area is 136 Å². The van der Waals surface area contributed by atoms with Gasteiger partial charge >= 0.3 is 11.3 Å². The van der Waals surface area contributed by atoms with Crippen LogP contribution in [0.15, 0.2) is 53.7 Å². The van der Waals surface area contributed by atoms with Crippen LogP contribution < -0.4 is 9.46 Å². The first kappa shape index (κ1) is 15.5. The largest absolute Gasteiger partial charge is 0.468 e. The van der Waals surface area contributed by atoms with Gasteiger partial charge in [-0.3, -0.25) is 9.01 Å². The summed E-state index contributed by atoms with van der Waals surface area (Å²) in [5.74, 6) is 1.30. The van der Waals surface area contributed by atoms with Crippen molar-refractivity contribution in [3.63, 3.8) is 0 Å². The summed E-state index contributed by atoms with van der Waals surface area (Å²) in [6.45, 7) is 0.214. The van der Waals surface area contributed by atoms with Gasteiger partial charge in [-0.05, 0) is 28.8 Å². The van der Waals surface area contributed by atoms with Crippen LogP contribution in [0.3, 0.4) is 0 Å². The molecule has 23 heavy (non-hydrogen) atoms. The van der Waals surface area contributed by atoms with Crippen LogP contribution in [0.25, 0.3) is 11.1 Å². The number of methoxy groups -OCH3 is 1. The van der Waals surface area contributed by atoms with Gasteiger partial charge in [0.2, 0.25) is 0 Å². The van der Waals surface area contributed by atoms with E-state index in [0.717, 1.165) is 22.4 Å². The standard InChI is InChI=1S/C16H16N2O4S/c1-20-11-21-15-7-3-6-14(10-15)13-5-2-4-12(8-13)9-16-17-22-23(19)18-16/h2-8,10H,9,11H2,1H3,(H,17,18). The Kier molecular flexibility index (Phi) is 4.89. The van der Waals surface area contributed by atoms with E-state index in [1.807, 2.05) is 42.5 Å². The maximum Gasteiger partial charge on any atom is 0.338 e. The summed E-state index contributed by atoms with van der Waals surface area (Å²) < 4.78 is 28.8. The van der Waals surface area contributed by atoms with Crippen LogP contribution in [-0.4, -0.2) is 23.9 Å². The Balaban J connectivity index is 1.78. The molecule has 0 aromatic heterocycles. The zero-order valence-corrected chi connectivity index (χ0v) is 13.3. The summed E-state index contributed by atoms with van der Waals surface area (Å²) in [5.41, 5.74) is 3.15. The molecule has 0 spiro atoms. The molecule has 6 nitrogen and oxygen atoms in total. The van der Waals surface area contributed by atoms with Crippen LogP contribution in [0.4, 0.5) is 0 Å². The van der Waals surface area contributed by atoms with E-state index in [1.54, 1.807) is 7.11 Å². The van der Waals surface area contributed by atoms with Gasteiger partial charge in [-0.25, -0.2) is 0 Å². The van der Waals surface area contributed by atoms with Gasteiger partial charge in [-0.15, -0.1) is 0 Å². The Morgan fingerprint density at radius 3 is 2.70 bits per heavy atom. The fourth-order valence-corrected chi connectivity index (χ4v) is 2.72. The van der Waals surface area contributed by atoms with Crippen LogP contribution in [-0.2, 0) is 26.7 Å². The van der Waals surface area contributed by atoms with E-state index in [0.29, 0.717) is 12.3 Å². The minimum atomic E-state index is -1.56. The van der Waals surface area contributed by atoms with E-state index >= 15 is 0 Å². The second-order valence-corrected chi connectivity index (χ2v) is 5.73. The van der Waals surface area contributed by atoms with Crippen molar-refractivity contribution < 1.29 is 18.0 Å². The number of benzene rings is 2. The van der Waals surface area contributed by atoms with Crippen molar-refractivity contribution >= 4 is 17.1 Å². The van der Waals surface area contributed by atoms with Gasteiger partial charge in [-0.1, -0.05) is 41.6 Å². The molecule has 1 heterocycles. The maximum absolute atomic E-state index is 11.1. The third kappa shape index (κ3) is 4.08.